The Morgan fingerprint density at radius 3 is 2.57 bits per heavy atom. The lowest BCUT2D eigenvalue weighted by molar-refractivity contribution is -0.144. The predicted molar refractivity (Wildman–Crippen MR) is 91.2 cm³/mol. The zero-order valence-electron chi connectivity index (χ0n) is 12.3. The molecule has 0 spiro atoms. The van der Waals surface area contributed by atoms with Crippen LogP contribution in [-0.2, 0) is 11.2 Å². The SMILES string of the molecule is O=C(O)C(Cc1cccc(Cl)c1)Oc1cccc2ccccc12. The molecule has 23 heavy (non-hydrogen) atoms. The molecule has 0 aliphatic rings. The van der Waals surface area contributed by atoms with Crippen LogP contribution < -0.4 is 4.74 Å². The number of hydrogen-bond donors (Lipinski definition) is 1. The van der Waals surface area contributed by atoms with Crippen molar-refractivity contribution in [3.63, 3.8) is 0 Å². The summed E-state index contributed by atoms with van der Waals surface area (Å²) in [6.07, 6.45) is -0.724. The Bertz CT molecular complexity index is 839. The summed E-state index contributed by atoms with van der Waals surface area (Å²) in [5.41, 5.74) is 0.824. The van der Waals surface area contributed by atoms with Gasteiger partial charge < -0.3 is 9.84 Å². The van der Waals surface area contributed by atoms with E-state index in [2.05, 4.69) is 0 Å². The molecule has 3 aromatic rings. The van der Waals surface area contributed by atoms with Crippen molar-refractivity contribution in [3.8, 4) is 5.75 Å². The first kappa shape index (κ1) is 15.4. The molecular formula is C19H15ClO3. The Labute approximate surface area is 139 Å². The van der Waals surface area contributed by atoms with Crippen LogP contribution in [0.4, 0.5) is 0 Å². The third-order valence-corrected chi connectivity index (χ3v) is 3.84. The van der Waals surface area contributed by atoms with Crippen LogP contribution in [0.3, 0.4) is 0 Å². The molecule has 0 fully saturated rings. The molecule has 1 unspecified atom stereocenters. The van der Waals surface area contributed by atoms with Gasteiger partial charge in [-0.2, -0.15) is 0 Å². The minimum absolute atomic E-state index is 0.249. The van der Waals surface area contributed by atoms with E-state index in [1.807, 2.05) is 42.5 Å². The first-order valence-electron chi connectivity index (χ1n) is 7.25. The Morgan fingerprint density at radius 1 is 1.04 bits per heavy atom. The van der Waals surface area contributed by atoms with Gasteiger partial charge in [-0.15, -0.1) is 0 Å². The molecule has 0 aliphatic carbocycles. The molecule has 3 rings (SSSR count). The summed E-state index contributed by atoms with van der Waals surface area (Å²) in [6.45, 7) is 0. The van der Waals surface area contributed by atoms with Crippen LogP contribution >= 0.6 is 11.6 Å². The highest BCUT2D eigenvalue weighted by Gasteiger charge is 2.21. The van der Waals surface area contributed by atoms with E-state index < -0.39 is 12.1 Å². The maximum atomic E-state index is 11.6. The summed E-state index contributed by atoms with van der Waals surface area (Å²) < 4.78 is 5.79. The summed E-state index contributed by atoms with van der Waals surface area (Å²) in [5.74, 6) is -0.435. The van der Waals surface area contributed by atoms with Crippen LogP contribution in [0.15, 0.2) is 66.7 Å². The Balaban J connectivity index is 1.88. The van der Waals surface area contributed by atoms with Crippen molar-refractivity contribution in [2.45, 2.75) is 12.5 Å². The highest BCUT2D eigenvalue weighted by Crippen LogP contribution is 2.27. The Morgan fingerprint density at radius 2 is 1.78 bits per heavy atom. The number of carboxylic acid groups (broad SMARTS) is 1. The van der Waals surface area contributed by atoms with Gasteiger partial charge in [-0.05, 0) is 29.1 Å². The van der Waals surface area contributed by atoms with Gasteiger partial charge in [-0.3, -0.25) is 0 Å². The minimum Gasteiger partial charge on any atom is -0.478 e. The lowest BCUT2D eigenvalue weighted by Crippen LogP contribution is -2.29. The molecule has 3 nitrogen and oxygen atoms in total. The normalized spacial score (nSPS) is 12.0. The molecule has 0 radical (unpaired) electrons. The van der Waals surface area contributed by atoms with Crippen LogP contribution in [0, 0.1) is 0 Å². The van der Waals surface area contributed by atoms with E-state index in [1.165, 1.54) is 0 Å². The van der Waals surface area contributed by atoms with Crippen molar-refractivity contribution in [2.75, 3.05) is 0 Å². The minimum atomic E-state index is -1.00. The van der Waals surface area contributed by atoms with Crippen molar-refractivity contribution < 1.29 is 14.6 Å². The standard InChI is InChI=1S/C19H15ClO3/c20-15-8-3-5-13(11-15)12-18(19(21)22)23-17-10-4-7-14-6-1-2-9-16(14)17/h1-11,18H,12H2,(H,21,22). The zero-order valence-corrected chi connectivity index (χ0v) is 13.0. The molecule has 0 saturated carbocycles. The van der Waals surface area contributed by atoms with E-state index in [0.717, 1.165) is 16.3 Å². The first-order chi connectivity index (χ1) is 11.1. The van der Waals surface area contributed by atoms with Gasteiger partial charge in [0, 0.05) is 16.8 Å². The summed E-state index contributed by atoms with van der Waals surface area (Å²) in [7, 11) is 0. The van der Waals surface area contributed by atoms with Gasteiger partial charge in [0.05, 0.1) is 0 Å². The van der Waals surface area contributed by atoms with Gasteiger partial charge >= 0.3 is 5.97 Å². The maximum Gasteiger partial charge on any atom is 0.345 e. The largest absolute Gasteiger partial charge is 0.478 e. The quantitative estimate of drug-likeness (QED) is 0.747. The summed E-state index contributed by atoms with van der Waals surface area (Å²) in [5, 5.41) is 12.0. The molecule has 0 amide bonds. The second-order valence-electron chi connectivity index (χ2n) is 5.26. The molecule has 1 atom stereocenters. The first-order valence-corrected chi connectivity index (χ1v) is 7.63. The molecule has 1 N–H and O–H groups in total. The molecular weight excluding hydrogens is 312 g/mol. The van der Waals surface area contributed by atoms with Crippen LogP contribution in [0.1, 0.15) is 5.56 Å². The van der Waals surface area contributed by atoms with Crippen molar-refractivity contribution in [3.05, 3.63) is 77.3 Å². The Kier molecular flexibility index (Phi) is 4.49. The van der Waals surface area contributed by atoms with E-state index in [0.29, 0.717) is 10.8 Å². The van der Waals surface area contributed by atoms with Gasteiger partial charge in [0.1, 0.15) is 5.75 Å². The summed E-state index contributed by atoms with van der Waals surface area (Å²) in [4.78, 5) is 11.6. The van der Waals surface area contributed by atoms with Gasteiger partial charge in [0.15, 0.2) is 6.10 Å². The van der Waals surface area contributed by atoms with E-state index in [1.54, 1.807) is 24.3 Å². The number of aliphatic carboxylic acids is 1. The van der Waals surface area contributed by atoms with E-state index in [9.17, 15) is 9.90 Å². The number of hydrogen-bond acceptors (Lipinski definition) is 2. The zero-order chi connectivity index (χ0) is 16.2. The molecule has 0 saturated heterocycles. The monoisotopic (exact) mass is 326 g/mol. The molecule has 0 heterocycles. The molecule has 3 aromatic carbocycles. The molecule has 0 aromatic heterocycles. The number of carbonyl (C=O) groups is 1. The predicted octanol–water partition coefficient (Wildman–Crippen LogP) is 4.57. The maximum absolute atomic E-state index is 11.6. The third kappa shape index (κ3) is 3.63. The molecule has 116 valence electrons. The molecule has 4 heteroatoms. The molecule has 0 aliphatic heterocycles. The van der Waals surface area contributed by atoms with Crippen molar-refractivity contribution in [2.24, 2.45) is 0 Å². The second kappa shape index (κ2) is 6.71. The van der Waals surface area contributed by atoms with Crippen LogP contribution in [0.25, 0.3) is 10.8 Å². The van der Waals surface area contributed by atoms with E-state index in [-0.39, 0.29) is 6.42 Å². The highest BCUT2D eigenvalue weighted by molar-refractivity contribution is 6.30. The fraction of sp³-hybridized carbons (Fsp3) is 0.105. The number of benzene rings is 3. The number of ether oxygens (including phenoxy) is 1. The highest BCUT2D eigenvalue weighted by atomic mass is 35.5. The Hall–Kier alpha value is -2.52. The van der Waals surface area contributed by atoms with Crippen LogP contribution in [-0.4, -0.2) is 17.2 Å². The average Bonchev–Trinajstić information content (AvgIpc) is 2.54. The van der Waals surface area contributed by atoms with Crippen molar-refractivity contribution in [1.82, 2.24) is 0 Å². The van der Waals surface area contributed by atoms with Gasteiger partial charge in [0.25, 0.3) is 0 Å². The topological polar surface area (TPSA) is 46.5 Å². The number of rotatable bonds is 5. The summed E-state index contributed by atoms with van der Waals surface area (Å²) >= 11 is 5.96. The van der Waals surface area contributed by atoms with E-state index >= 15 is 0 Å². The van der Waals surface area contributed by atoms with Gasteiger partial charge in [0.2, 0.25) is 0 Å². The third-order valence-electron chi connectivity index (χ3n) is 3.60. The van der Waals surface area contributed by atoms with E-state index in [4.69, 9.17) is 16.3 Å². The molecule has 0 bridgehead atoms. The second-order valence-corrected chi connectivity index (χ2v) is 5.69. The number of halogens is 1. The summed E-state index contributed by atoms with van der Waals surface area (Å²) in [6, 6.07) is 20.5. The smallest absolute Gasteiger partial charge is 0.345 e. The fourth-order valence-electron chi connectivity index (χ4n) is 2.51. The van der Waals surface area contributed by atoms with Crippen LogP contribution in [0.5, 0.6) is 5.75 Å². The number of carboxylic acids is 1. The van der Waals surface area contributed by atoms with Gasteiger partial charge in [-0.1, -0.05) is 60.1 Å². The number of fused-ring (bicyclic) bond motifs is 1. The van der Waals surface area contributed by atoms with Crippen LogP contribution in [0.2, 0.25) is 5.02 Å². The lowest BCUT2D eigenvalue weighted by atomic mass is 10.1. The van der Waals surface area contributed by atoms with Gasteiger partial charge in [-0.25, -0.2) is 4.79 Å². The average molecular weight is 327 g/mol. The fourth-order valence-corrected chi connectivity index (χ4v) is 2.72. The lowest BCUT2D eigenvalue weighted by Gasteiger charge is -2.17. The van der Waals surface area contributed by atoms with Crippen molar-refractivity contribution in [1.29, 1.82) is 0 Å². The van der Waals surface area contributed by atoms with Crippen molar-refractivity contribution >= 4 is 28.3 Å².